The molecule has 1 aromatic carbocycles. The molecule has 0 spiro atoms. The van der Waals surface area contributed by atoms with Crippen LogP contribution in [0.5, 0.6) is 5.75 Å². The summed E-state index contributed by atoms with van der Waals surface area (Å²) >= 11 is 0. The Bertz CT molecular complexity index is 493. The van der Waals surface area contributed by atoms with Gasteiger partial charge >= 0.3 is 17.6 Å². The molecule has 0 aliphatic carbocycles. The molecule has 0 atom stereocenters. The van der Waals surface area contributed by atoms with Gasteiger partial charge in [0.05, 0.1) is 7.11 Å². The Labute approximate surface area is 171 Å². The maximum atomic E-state index is 6.08. The smallest absolute Gasteiger partial charge is 0.497 e. The molecule has 1 aromatic rings. The lowest BCUT2D eigenvalue weighted by Gasteiger charge is -2.32. The molecule has 0 heterocycles. The highest BCUT2D eigenvalue weighted by atomic mass is 28.4. The minimum absolute atomic E-state index is 0.476. The van der Waals surface area contributed by atoms with Crippen molar-refractivity contribution in [2.45, 2.75) is 41.5 Å². The fraction of sp³-hybridized carbons (Fsp3) is 0.684. The monoisotopic (exact) mass is 432 g/mol. The summed E-state index contributed by atoms with van der Waals surface area (Å²) in [5.74, 6) is 0.652. The summed E-state index contributed by atoms with van der Waals surface area (Å²) in [6, 6.07) is 5.78. The topological polar surface area (TPSA) is 64.6 Å². The Morgan fingerprint density at radius 1 is 0.536 bits per heavy atom. The van der Waals surface area contributed by atoms with Crippen LogP contribution in [0.3, 0.4) is 0 Å². The van der Waals surface area contributed by atoms with Gasteiger partial charge in [-0.3, -0.25) is 0 Å². The standard InChI is InChI=1S/C19H36O7Si2/c1-8-21-27(22-9-2,23-10-3)18-14-17(20-7)15-19(16-18)28(24-11-4,25-12-5)26-13-6/h14-16H,8-13H2,1-7H3. The van der Waals surface area contributed by atoms with Crippen molar-refractivity contribution in [3.63, 3.8) is 0 Å². The van der Waals surface area contributed by atoms with Crippen LogP contribution < -0.4 is 15.1 Å². The van der Waals surface area contributed by atoms with Crippen LogP contribution in [0.25, 0.3) is 0 Å². The Balaban J connectivity index is 3.64. The van der Waals surface area contributed by atoms with Gasteiger partial charge in [-0.15, -0.1) is 0 Å². The van der Waals surface area contributed by atoms with E-state index in [1.54, 1.807) is 7.11 Å². The van der Waals surface area contributed by atoms with Crippen LogP contribution in [0, 0.1) is 0 Å². The Morgan fingerprint density at radius 2 is 0.821 bits per heavy atom. The zero-order chi connectivity index (χ0) is 21.0. The Morgan fingerprint density at radius 3 is 1.04 bits per heavy atom. The quantitative estimate of drug-likeness (QED) is 0.394. The fourth-order valence-electron chi connectivity index (χ4n) is 2.96. The Kier molecular flexibility index (Phi) is 11.5. The number of benzene rings is 1. The summed E-state index contributed by atoms with van der Waals surface area (Å²) < 4.78 is 42.0. The molecule has 9 heteroatoms. The van der Waals surface area contributed by atoms with E-state index in [2.05, 4.69) is 0 Å². The predicted molar refractivity (Wildman–Crippen MR) is 114 cm³/mol. The van der Waals surface area contributed by atoms with Crippen molar-refractivity contribution in [2.75, 3.05) is 46.8 Å². The molecule has 0 unspecified atom stereocenters. The molecular formula is C19H36O7Si2. The predicted octanol–water partition coefficient (Wildman–Crippen LogP) is 2.21. The van der Waals surface area contributed by atoms with Crippen molar-refractivity contribution < 1.29 is 31.3 Å². The van der Waals surface area contributed by atoms with Crippen molar-refractivity contribution in [3.8, 4) is 5.75 Å². The van der Waals surface area contributed by atoms with Gasteiger partial charge in [0.25, 0.3) is 0 Å². The van der Waals surface area contributed by atoms with Gasteiger partial charge in [-0.2, -0.15) is 0 Å². The van der Waals surface area contributed by atoms with Crippen molar-refractivity contribution in [1.29, 1.82) is 0 Å². The second-order valence-corrected chi connectivity index (χ2v) is 10.8. The van der Waals surface area contributed by atoms with Gasteiger partial charge in [0.15, 0.2) is 0 Å². The van der Waals surface area contributed by atoms with E-state index >= 15 is 0 Å². The van der Waals surface area contributed by atoms with E-state index in [9.17, 15) is 0 Å². The van der Waals surface area contributed by atoms with Crippen molar-refractivity contribution in [1.82, 2.24) is 0 Å². The first-order valence-corrected chi connectivity index (χ1v) is 13.5. The molecule has 0 saturated heterocycles. The summed E-state index contributed by atoms with van der Waals surface area (Å²) in [4.78, 5) is 0. The summed E-state index contributed by atoms with van der Waals surface area (Å²) in [7, 11) is -4.62. The van der Waals surface area contributed by atoms with Gasteiger partial charge in [0.2, 0.25) is 0 Å². The molecule has 0 aromatic heterocycles. The molecule has 0 fully saturated rings. The summed E-state index contributed by atoms with van der Waals surface area (Å²) in [6.45, 7) is 14.4. The fourth-order valence-corrected chi connectivity index (χ4v) is 8.19. The van der Waals surface area contributed by atoms with E-state index in [1.165, 1.54) is 0 Å². The zero-order valence-electron chi connectivity index (χ0n) is 18.3. The average Bonchev–Trinajstić information content (AvgIpc) is 2.68. The first-order valence-electron chi connectivity index (χ1n) is 10.0. The summed E-state index contributed by atoms with van der Waals surface area (Å²) in [5.41, 5.74) is 0. The molecule has 0 radical (unpaired) electrons. The van der Waals surface area contributed by atoms with E-state index in [1.807, 2.05) is 59.7 Å². The molecule has 162 valence electrons. The van der Waals surface area contributed by atoms with Crippen LogP contribution >= 0.6 is 0 Å². The van der Waals surface area contributed by atoms with Crippen molar-refractivity contribution in [2.24, 2.45) is 0 Å². The molecule has 7 nitrogen and oxygen atoms in total. The van der Waals surface area contributed by atoms with Crippen LogP contribution in [0.1, 0.15) is 41.5 Å². The number of rotatable bonds is 15. The van der Waals surface area contributed by atoms with Crippen LogP contribution in [-0.2, 0) is 26.6 Å². The van der Waals surface area contributed by atoms with Crippen LogP contribution in [0.2, 0.25) is 0 Å². The Hall–Kier alpha value is -0.786. The first kappa shape index (κ1) is 25.3. The number of hydrogen-bond donors (Lipinski definition) is 0. The average molecular weight is 433 g/mol. The summed E-state index contributed by atoms with van der Waals surface area (Å²) in [6.07, 6.45) is 0. The lowest BCUT2D eigenvalue weighted by Crippen LogP contribution is -2.61. The zero-order valence-corrected chi connectivity index (χ0v) is 20.3. The summed E-state index contributed by atoms with van der Waals surface area (Å²) in [5, 5.41) is 1.62. The van der Waals surface area contributed by atoms with Gasteiger partial charge in [-0.25, -0.2) is 0 Å². The number of ether oxygens (including phenoxy) is 1. The minimum atomic E-state index is -3.12. The largest absolute Gasteiger partial charge is 0.537 e. The van der Waals surface area contributed by atoms with Crippen molar-refractivity contribution in [3.05, 3.63) is 18.2 Å². The third kappa shape index (κ3) is 6.10. The first-order chi connectivity index (χ1) is 13.5. The minimum Gasteiger partial charge on any atom is -0.497 e. The van der Waals surface area contributed by atoms with E-state index in [4.69, 9.17) is 31.3 Å². The van der Waals surface area contributed by atoms with Crippen LogP contribution in [0.4, 0.5) is 0 Å². The molecule has 1 rings (SSSR count). The van der Waals surface area contributed by atoms with E-state index in [0.717, 1.165) is 10.4 Å². The molecule has 0 bridgehead atoms. The molecule has 0 aliphatic rings. The number of hydrogen-bond acceptors (Lipinski definition) is 7. The maximum absolute atomic E-state index is 6.08. The lowest BCUT2D eigenvalue weighted by molar-refractivity contribution is 0.0852. The van der Waals surface area contributed by atoms with E-state index < -0.39 is 17.6 Å². The molecular weight excluding hydrogens is 396 g/mol. The van der Waals surface area contributed by atoms with E-state index in [0.29, 0.717) is 45.4 Å². The van der Waals surface area contributed by atoms with Crippen LogP contribution in [0.15, 0.2) is 18.2 Å². The lowest BCUT2D eigenvalue weighted by atomic mass is 10.3. The van der Waals surface area contributed by atoms with Gasteiger partial charge in [-0.05, 0) is 59.7 Å². The van der Waals surface area contributed by atoms with Gasteiger partial charge in [-0.1, -0.05) is 0 Å². The van der Waals surface area contributed by atoms with Crippen LogP contribution in [-0.4, -0.2) is 64.4 Å². The maximum Gasteiger partial charge on any atom is 0.537 e. The molecule has 0 amide bonds. The number of methoxy groups -OCH3 is 1. The molecule has 0 aliphatic heterocycles. The highest BCUT2D eigenvalue weighted by Gasteiger charge is 2.48. The highest BCUT2D eigenvalue weighted by molar-refractivity contribution is 6.78. The molecule has 28 heavy (non-hydrogen) atoms. The second kappa shape index (κ2) is 12.7. The SMILES string of the molecule is CCO[Si](OCC)(OCC)c1cc(OC)cc([Si](OCC)(OCC)OCC)c1. The highest BCUT2D eigenvalue weighted by Crippen LogP contribution is 2.18. The van der Waals surface area contributed by atoms with Gasteiger partial charge in [0, 0.05) is 50.0 Å². The van der Waals surface area contributed by atoms with Crippen molar-refractivity contribution >= 4 is 28.0 Å². The van der Waals surface area contributed by atoms with Gasteiger partial charge in [0.1, 0.15) is 5.75 Å². The third-order valence-electron chi connectivity index (χ3n) is 3.86. The van der Waals surface area contributed by atoms with Gasteiger partial charge < -0.3 is 31.3 Å². The normalized spacial score (nSPS) is 12.4. The molecule has 0 N–H and O–H groups in total. The second-order valence-electron chi connectivity index (χ2n) is 5.66. The third-order valence-corrected chi connectivity index (χ3v) is 9.86. The molecule has 0 saturated carbocycles. The van der Waals surface area contributed by atoms with E-state index in [-0.39, 0.29) is 0 Å².